The standard InChI is InChI=1S/C18H25NO4/c1-13-7-8-15(12-14(13)2)23-11-4-6-16(20)19-10-5-9-18(19,3)17(21)22/h7-8,12H,4-6,9-11H2,1-3H3,(H,21,22). The summed E-state index contributed by atoms with van der Waals surface area (Å²) in [7, 11) is 0. The minimum atomic E-state index is -1.05. The van der Waals surface area contributed by atoms with Crippen LogP contribution in [0.1, 0.15) is 43.7 Å². The summed E-state index contributed by atoms with van der Waals surface area (Å²) in [6.45, 7) is 6.69. The van der Waals surface area contributed by atoms with Gasteiger partial charge in [0.25, 0.3) is 0 Å². The summed E-state index contributed by atoms with van der Waals surface area (Å²) in [5, 5.41) is 9.34. The summed E-state index contributed by atoms with van der Waals surface area (Å²) in [4.78, 5) is 25.2. The maximum Gasteiger partial charge on any atom is 0.329 e. The van der Waals surface area contributed by atoms with E-state index in [1.807, 2.05) is 32.0 Å². The van der Waals surface area contributed by atoms with Gasteiger partial charge in [0.2, 0.25) is 5.91 Å². The molecule has 0 radical (unpaired) electrons. The summed E-state index contributed by atoms with van der Waals surface area (Å²) in [5.74, 6) is -0.220. The van der Waals surface area contributed by atoms with Crippen LogP contribution in [0.5, 0.6) is 5.75 Å². The van der Waals surface area contributed by atoms with Crippen molar-refractivity contribution in [2.45, 2.75) is 52.0 Å². The van der Waals surface area contributed by atoms with Crippen LogP contribution in [0.4, 0.5) is 0 Å². The van der Waals surface area contributed by atoms with Gasteiger partial charge in [0.15, 0.2) is 0 Å². The molecule has 0 spiro atoms. The average Bonchev–Trinajstić information content (AvgIpc) is 2.90. The molecule has 23 heavy (non-hydrogen) atoms. The molecule has 126 valence electrons. The molecule has 1 aromatic carbocycles. The van der Waals surface area contributed by atoms with Crippen molar-refractivity contribution in [1.82, 2.24) is 4.90 Å². The number of nitrogens with zero attached hydrogens (tertiary/aromatic N) is 1. The normalized spacial score (nSPS) is 20.6. The van der Waals surface area contributed by atoms with Crippen LogP contribution in [0.2, 0.25) is 0 Å². The van der Waals surface area contributed by atoms with E-state index in [4.69, 9.17) is 4.74 Å². The number of ether oxygens (including phenoxy) is 1. The first-order chi connectivity index (χ1) is 10.8. The second-order valence-corrected chi connectivity index (χ2v) is 6.43. The zero-order valence-corrected chi connectivity index (χ0v) is 14.1. The van der Waals surface area contributed by atoms with Gasteiger partial charge in [0.05, 0.1) is 6.61 Å². The second-order valence-electron chi connectivity index (χ2n) is 6.43. The van der Waals surface area contributed by atoms with Crippen LogP contribution in [-0.2, 0) is 9.59 Å². The van der Waals surface area contributed by atoms with E-state index < -0.39 is 11.5 Å². The Morgan fingerprint density at radius 1 is 1.30 bits per heavy atom. The van der Waals surface area contributed by atoms with Crippen LogP contribution in [0.3, 0.4) is 0 Å². The summed E-state index contributed by atoms with van der Waals surface area (Å²) >= 11 is 0. The van der Waals surface area contributed by atoms with Crippen LogP contribution in [0.15, 0.2) is 18.2 Å². The lowest BCUT2D eigenvalue weighted by atomic mass is 9.99. The minimum absolute atomic E-state index is 0.101. The fourth-order valence-electron chi connectivity index (χ4n) is 2.94. The van der Waals surface area contributed by atoms with E-state index >= 15 is 0 Å². The van der Waals surface area contributed by atoms with Crippen LogP contribution in [0.25, 0.3) is 0 Å². The van der Waals surface area contributed by atoms with Gasteiger partial charge in [-0.25, -0.2) is 4.79 Å². The van der Waals surface area contributed by atoms with E-state index in [1.165, 1.54) is 16.0 Å². The first kappa shape index (κ1) is 17.3. The summed E-state index contributed by atoms with van der Waals surface area (Å²) in [6.07, 6.45) is 2.16. The molecular weight excluding hydrogens is 294 g/mol. The number of benzene rings is 1. The van der Waals surface area contributed by atoms with Gasteiger partial charge in [-0.15, -0.1) is 0 Å². The number of rotatable bonds is 6. The number of carboxylic acid groups (broad SMARTS) is 1. The molecule has 5 heteroatoms. The molecule has 1 aliphatic rings. The van der Waals surface area contributed by atoms with Crippen molar-refractivity contribution in [2.75, 3.05) is 13.2 Å². The zero-order chi connectivity index (χ0) is 17.0. The number of carboxylic acids is 1. The SMILES string of the molecule is Cc1ccc(OCCCC(=O)N2CCCC2(C)C(=O)O)cc1C. The highest BCUT2D eigenvalue weighted by atomic mass is 16.5. The lowest BCUT2D eigenvalue weighted by molar-refractivity contribution is -0.155. The number of aliphatic carboxylic acids is 1. The van der Waals surface area contributed by atoms with Crippen LogP contribution in [0, 0.1) is 13.8 Å². The Kier molecular flexibility index (Phi) is 5.29. The van der Waals surface area contributed by atoms with Crippen molar-refractivity contribution in [3.05, 3.63) is 29.3 Å². The average molecular weight is 319 g/mol. The Morgan fingerprint density at radius 3 is 2.70 bits per heavy atom. The van der Waals surface area contributed by atoms with Gasteiger partial charge >= 0.3 is 5.97 Å². The Balaban J connectivity index is 1.81. The molecule has 1 amide bonds. The van der Waals surface area contributed by atoms with E-state index in [1.54, 1.807) is 6.92 Å². The fourth-order valence-corrected chi connectivity index (χ4v) is 2.94. The molecule has 1 fully saturated rings. The maximum absolute atomic E-state index is 12.3. The van der Waals surface area contributed by atoms with Crippen LogP contribution >= 0.6 is 0 Å². The minimum Gasteiger partial charge on any atom is -0.494 e. The lowest BCUT2D eigenvalue weighted by Gasteiger charge is -2.31. The summed E-state index contributed by atoms with van der Waals surface area (Å²) < 4.78 is 5.67. The molecule has 1 unspecified atom stereocenters. The molecule has 0 bridgehead atoms. The zero-order valence-electron chi connectivity index (χ0n) is 14.1. The molecular formula is C18H25NO4. The molecule has 0 saturated carbocycles. The highest BCUT2D eigenvalue weighted by Crippen LogP contribution is 2.30. The predicted molar refractivity (Wildman–Crippen MR) is 87.6 cm³/mol. The fraction of sp³-hybridized carbons (Fsp3) is 0.556. The number of hydrogen-bond donors (Lipinski definition) is 1. The summed E-state index contributed by atoms with van der Waals surface area (Å²) in [6, 6.07) is 5.92. The third-order valence-electron chi connectivity index (χ3n) is 4.68. The van der Waals surface area contributed by atoms with E-state index in [2.05, 4.69) is 0 Å². The van der Waals surface area contributed by atoms with Gasteiger partial charge in [-0.1, -0.05) is 6.07 Å². The molecule has 1 saturated heterocycles. The first-order valence-corrected chi connectivity index (χ1v) is 8.08. The molecule has 1 aliphatic heterocycles. The molecule has 2 rings (SSSR count). The van der Waals surface area contributed by atoms with Crippen molar-refractivity contribution in [2.24, 2.45) is 0 Å². The van der Waals surface area contributed by atoms with Gasteiger partial charge in [-0.3, -0.25) is 4.79 Å². The largest absolute Gasteiger partial charge is 0.494 e. The topological polar surface area (TPSA) is 66.8 Å². The predicted octanol–water partition coefficient (Wildman–Crippen LogP) is 2.93. The Labute approximate surface area is 137 Å². The number of aryl methyl sites for hydroxylation is 2. The van der Waals surface area contributed by atoms with Gasteiger partial charge in [0.1, 0.15) is 11.3 Å². The van der Waals surface area contributed by atoms with E-state index in [-0.39, 0.29) is 5.91 Å². The molecule has 1 aromatic rings. The van der Waals surface area contributed by atoms with Crippen LogP contribution < -0.4 is 4.74 Å². The maximum atomic E-state index is 12.3. The van der Waals surface area contributed by atoms with Crippen molar-refractivity contribution in [3.8, 4) is 5.75 Å². The third kappa shape index (κ3) is 3.84. The van der Waals surface area contributed by atoms with Crippen molar-refractivity contribution < 1.29 is 19.4 Å². The Morgan fingerprint density at radius 2 is 2.04 bits per heavy atom. The number of likely N-dealkylation sites (tertiary alicyclic amines) is 1. The van der Waals surface area contributed by atoms with E-state index in [9.17, 15) is 14.7 Å². The molecule has 1 N–H and O–H groups in total. The summed E-state index contributed by atoms with van der Waals surface area (Å²) in [5.41, 5.74) is 1.34. The van der Waals surface area contributed by atoms with Gasteiger partial charge in [0, 0.05) is 13.0 Å². The number of carbonyl (C=O) groups is 2. The molecule has 0 aromatic heterocycles. The quantitative estimate of drug-likeness (QED) is 0.819. The van der Waals surface area contributed by atoms with Crippen molar-refractivity contribution >= 4 is 11.9 Å². The smallest absolute Gasteiger partial charge is 0.329 e. The lowest BCUT2D eigenvalue weighted by Crippen LogP contribution is -2.50. The number of amides is 1. The van der Waals surface area contributed by atoms with Gasteiger partial charge in [-0.2, -0.15) is 0 Å². The second kappa shape index (κ2) is 7.02. The van der Waals surface area contributed by atoms with E-state index in [0.717, 1.165) is 12.2 Å². The van der Waals surface area contributed by atoms with Crippen molar-refractivity contribution in [3.63, 3.8) is 0 Å². The van der Waals surface area contributed by atoms with E-state index in [0.29, 0.717) is 32.4 Å². The van der Waals surface area contributed by atoms with Gasteiger partial charge < -0.3 is 14.7 Å². The monoisotopic (exact) mass is 319 g/mol. The number of carbonyl (C=O) groups excluding carboxylic acids is 1. The molecule has 1 heterocycles. The van der Waals surface area contributed by atoms with Crippen LogP contribution in [-0.4, -0.2) is 40.6 Å². The molecule has 1 atom stereocenters. The molecule has 0 aliphatic carbocycles. The molecule has 5 nitrogen and oxygen atoms in total. The highest BCUT2D eigenvalue weighted by molar-refractivity contribution is 5.87. The van der Waals surface area contributed by atoms with Gasteiger partial charge in [-0.05, 0) is 63.3 Å². The Hall–Kier alpha value is -2.04. The highest BCUT2D eigenvalue weighted by Gasteiger charge is 2.45. The number of hydrogen-bond acceptors (Lipinski definition) is 3. The van der Waals surface area contributed by atoms with Crippen molar-refractivity contribution in [1.29, 1.82) is 0 Å². The Bertz CT molecular complexity index is 599. The first-order valence-electron chi connectivity index (χ1n) is 8.08. The third-order valence-corrected chi connectivity index (χ3v) is 4.68.